The number of aromatic nitrogens is 1. The Hall–Kier alpha value is -3.85. The van der Waals surface area contributed by atoms with Crippen molar-refractivity contribution in [3.05, 3.63) is 102 Å². The molecule has 0 aliphatic carbocycles. The lowest BCUT2D eigenvalue weighted by Gasteiger charge is -2.36. The second-order valence-corrected chi connectivity index (χ2v) is 7.80. The van der Waals surface area contributed by atoms with E-state index in [-0.39, 0.29) is 0 Å². The van der Waals surface area contributed by atoms with Crippen molar-refractivity contribution in [2.45, 2.75) is 13.5 Å². The Morgan fingerprint density at radius 3 is 2.52 bits per heavy atom. The summed E-state index contributed by atoms with van der Waals surface area (Å²) in [5, 5.41) is 2.43. The molecule has 0 amide bonds. The molecule has 3 aromatic carbocycles. The number of allylic oxidation sites excluding steroid dienone is 4. The van der Waals surface area contributed by atoms with Crippen LogP contribution in [0, 0.1) is 0 Å². The summed E-state index contributed by atoms with van der Waals surface area (Å²) in [7, 11) is 2.11. The summed E-state index contributed by atoms with van der Waals surface area (Å²) in [6.07, 6.45) is 6.12. The second-order valence-electron chi connectivity index (χ2n) is 7.80. The standard InChI is InChI=1S/C28H25N3/c1-5-11-21-20-13-8-7-12-19(20)18-31(24(21)6-2)26-17-16-23-22-14-9-10-15-25(22)30(4)28(23)27(26)29-3/h5-17H,1,3,18H2,2,4H3/b21-11-,24-6+. The summed E-state index contributed by atoms with van der Waals surface area (Å²) >= 11 is 0. The van der Waals surface area contributed by atoms with Crippen molar-refractivity contribution in [1.82, 2.24) is 4.57 Å². The molecule has 4 aromatic rings. The molecule has 31 heavy (non-hydrogen) atoms. The van der Waals surface area contributed by atoms with Gasteiger partial charge in [0.15, 0.2) is 0 Å². The SMILES string of the molecule is C=C/C=C1\C(=C/C)N(c2ccc3c4ccccc4n(C)c3c2N=C)Cc2ccccc21. The zero-order valence-electron chi connectivity index (χ0n) is 18.0. The zero-order valence-corrected chi connectivity index (χ0v) is 18.0. The molecule has 2 heterocycles. The lowest BCUT2D eigenvalue weighted by molar-refractivity contribution is 0.909. The van der Waals surface area contributed by atoms with Gasteiger partial charge in [0.05, 0.1) is 11.2 Å². The first-order valence-electron chi connectivity index (χ1n) is 10.5. The molecular formula is C28H25N3. The average Bonchev–Trinajstić information content (AvgIpc) is 3.10. The molecule has 1 aliphatic heterocycles. The molecule has 3 heteroatoms. The normalized spacial score (nSPS) is 16.3. The number of rotatable bonds is 3. The molecule has 1 aromatic heterocycles. The number of fused-ring (bicyclic) bond motifs is 4. The van der Waals surface area contributed by atoms with Gasteiger partial charge >= 0.3 is 0 Å². The minimum atomic E-state index is 0.780. The molecule has 0 saturated heterocycles. The lowest BCUT2D eigenvalue weighted by atomic mass is 9.90. The van der Waals surface area contributed by atoms with Crippen LogP contribution in [0.5, 0.6) is 0 Å². The molecule has 3 nitrogen and oxygen atoms in total. The van der Waals surface area contributed by atoms with E-state index in [4.69, 9.17) is 0 Å². The van der Waals surface area contributed by atoms with Crippen molar-refractivity contribution in [2.24, 2.45) is 12.0 Å². The van der Waals surface area contributed by atoms with Crippen LogP contribution in [0.25, 0.3) is 27.4 Å². The fraction of sp³-hybridized carbons (Fsp3) is 0.107. The molecule has 152 valence electrons. The van der Waals surface area contributed by atoms with E-state index >= 15 is 0 Å². The van der Waals surface area contributed by atoms with Crippen LogP contribution in [0.4, 0.5) is 11.4 Å². The first-order valence-corrected chi connectivity index (χ1v) is 10.5. The molecule has 0 saturated carbocycles. The number of nitrogens with zero attached hydrogens (tertiary/aromatic N) is 3. The van der Waals surface area contributed by atoms with E-state index in [0.717, 1.165) is 29.1 Å². The highest BCUT2D eigenvalue weighted by molar-refractivity contribution is 6.14. The Bertz CT molecular complexity index is 1420. The van der Waals surface area contributed by atoms with E-state index < -0.39 is 0 Å². The van der Waals surface area contributed by atoms with Crippen LogP contribution >= 0.6 is 0 Å². The number of aryl methyl sites for hydroxylation is 1. The fourth-order valence-electron chi connectivity index (χ4n) is 4.89. The maximum atomic E-state index is 4.55. The summed E-state index contributed by atoms with van der Waals surface area (Å²) in [6.45, 7) is 10.8. The van der Waals surface area contributed by atoms with E-state index in [0.29, 0.717) is 0 Å². The number of hydrogen-bond acceptors (Lipinski definition) is 2. The quantitative estimate of drug-likeness (QED) is 0.332. The molecule has 0 bridgehead atoms. The van der Waals surface area contributed by atoms with Gasteiger partial charge in [0.2, 0.25) is 0 Å². The minimum Gasteiger partial charge on any atom is -0.342 e. The van der Waals surface area contributed by atoms with Gasteiger partial charge < -0.3 is 9.47 Å². The van der Waals surface area contributed by atoms with Crippen LogP contribution in [0.2, 0.25) is 0 Å². The fourth-order valence-corrected chi connectivity index (χ4v) is 4.89. The monoisotopic (exact) mass is 403 g/mol. The Morgan fingerprint density at radius 1 is 0.968 bits per heavy atom. The van der Waals surface area contributed by atoms with E-state index in [1.54, 1.807) is 0 Å². The summed E-state index contributed by atoms with van der Waals surface area (Å²) in [5.41, 5.74) is 9.14. The topological polar surface area (TPSA) is 20.5 Å². The number of hydrogen-bond donors (Lipinski definition) is 0. The van der Waals surface area contributed by atoms with Gasteiger partial charge in [-0.25, -0.2) is 0 Å². The van der Waals surface area contributed by atoms with Gasteiger partial charge in [-0.15, -0.1) is 0 Å². The summed E-state index contributed by atoms with van der Waals surface area (Å²) in [6, 6.07) is 21.5. The molecule has 0 N–H and O–H groups in total. The third-order valence-electron chi connectivity index (χ3n) is 6.23. The van der Waals surface area contributed by atoms with Crippen LogP contribution in [0.3, 0.4) is 0 Å². The number of anilines is 1. The minimum absolute atomic E-state index is 0.780. The predicted octanol–water partition coefficient (Wildman–Crippen LogP) is 7.16. The van der Waals surface area contributed by atoms with Gasteiger partial charge in [-0.3, -0.25) is 4.99 Å². The predicted molar refractivity (Wildman–Crippen MR) is 134 cm³/mol. The average molecular weight is 404 g/mol. The molecule has 0 radical (unpaired) electrons. The van der Waals surface area contributed by atoms with Gasteiger partial charge in [0.1, 0.15) is 5.69 Å². The van der Waals surface area contributed by atoms with E-state index in [1.165, 1.54) is 33.0 Å². The smallest absolute Gasteiger partial charge is 0.110 e. The van der Waals surface area contributed by atoms with Gasteiger partial charge in [-0.2, -0.15) is 0 Å². The third kappa shape index (κ3) is 2.77. The van der Waals surface area contributed by atoms with Crippen molar-refractivity contribution in [3.63, 3.8) is 0 Å². The Labute approximate surface area is 183 Å². The number of benzene rings is 3. The number of aliphatic imine (C=N–C) groups is 1. The molecule has 0 atom stereocenters. The number of para-hydroxylation sites is 1. The van der Waals surface area contributed by atoms with E-state index in [2.05, 4.69) is 115 Å². The maximum Gasteiger partial charge on any atom is 0.110 e. The van der Waals surface area contributed by atoms with Crippen molar-refractivity contribution >= 4 is 45.5 Å². The largest absolute Gasteiger partial charge is 0.342 e. The molecule has 1 aliphatic rings. The van der Waals surface area contributed by atoms with Crippen LogP contribution in [-0.2, 0) is 13.6 Å². The van der Waals surface area contributed by atoms with Crippen LogP contribution in [0.15, 0.2) is 96.2 Å². The highest BCUT2D eigenvalue weighted by Gasteiger charge is 2.27. The van der Waals surface area contributed by atoms with E-state index in [1.807, 2.05) is 6.08 Å². The third-order valence-corrected chi connectivity index (χ3v) is 6.23. The summed E-state index contributed by atoms with van der Waals surface area (Å²) in [5.74, 6) is 0. The molecular weight excluding hydrogens is 378 g/mol. The Balaban J connectivity index is 1.80. The summed E-state index contributed by atoms with van der Waals surface area (Å²) in [4.78, 5) is 6.89. The zero-order chi connectivity index (χ0) is 21.5. The maximum absolute atomic E-state index is 4.55. The highest BCUT2D eigenvalue weighted by atomic mass is 15.2. The first kappa shape index (κ1) is 19.1. The molecule has 0 spiro atoms. The second kappa shape index (κ2) is 7.44. The van der Waals surface area contributed by atoms with Gasteiger partial charge in [0, 0.05) is 41.2 Å². The molecule has 0 unspecified atom stereocenters. The van der Waals surface area contributed by atoms with Gasteiger partial charge in [-0.05, 0) is 43.0 Å². The van der Waals surface area contributed by atoms with Crippen molar-refractivity contribution in [1.29, 1.82) is 0 Å². The van der Waals surface area contributed by atoms with Gasteiger partial charge in [0.25, 0.3) is 0 Å². The Kier molecular flexibility index (Phi) is 4.59. The van der Waals surface area contributed by atoms with Crippen molar-refractivity contribution in [2.75, 3.05) is 4.90 Å². The van der Waals surface area contributed by atoms with Crippen LogP contribution in [0.1, 0.15) is 18.1 Å². The lowest BCUT2D eigenvalue weighted by Crippen LogP contribution is -2.28. The van der Waals surface area contributed by atoms with Crippen LogP contribution < -0.4 is 4.90 Å². The summed E-state index contributed by atoms with van der Waals surface area (Å²) < 4.78 is 2.23. The van der Waals surface area contributed by atoms with Crippen molar-refractivity contribution < 1.29 is 0 Å². The van der Waals surface area contributed by atoms with Crippen molar-refractivity contribution in [3.8, 4) is 0 Å². The first-order chi connectivity index (χ1) is 15.2. The van der Waals surface area contributed by atoms with E-state index in [9.17, 15) is 0 Å². The Morgan fingerprint density at radius 2 is 1.74 bits per heavy atom. The van der Waals surface area contributed by atoms with Gasteiger partial charge in [-0.1, -0.05) is 67.3 Å². The van der Waals surface area contributed by atoms with Crippen LogP contribution in [-0.4, -0.2) is 11.3 Å². The molecule has 5 rings (SSSR count). The highest BCUT2D eigenvalue weighted by Crippen LogP contribution is 2.45. The molecule has 0 fully saturated rings.